The van der Waals surface area contributed by atoms with Crippen LogP contribution in [0.2, 0.25) is 5.02 Å². The van der Waals surface area contributed by atoms with E-state index in [0.717, 1.165) is 16.7 Å². The highest BCUT2D eigenvalue weighted by molar-refractivity contribution is 7.89. The third kappa shape index (κ3) is 5.79. The van der Waals surface area contributed by atoms with E-state index in [4.69, 9.17) is 11.6 Å². The summed E-state index contributed by atoms with van der Waals surface area (Å²) in [7, 11) is -3.64. The zero-order valence-corrected chi connectivity index (χ0v) is 17.4. The molecule has 0 atom stereocenters. The predicted octanol–water partition coefficient (Wildman–Crippen LogP) is 3.67. The third-order valence-corrected chi connectivity index (χ3v) is 6.30. The second-order valence-corrected chi connectivity index (χ2v) is 8.57. The summed E-state index contributed by atoms with van der Waals surface area (Å²) in [6.45, 7) is 6.65. The summed E-state index contributed by atoms with van der Waals surface area (Å²) in [4.78, 5) is 14.3. The number of carbonyl (C=O) groups is 1. The Labute approximate surface area is 166 Å². The Kier molecular flexibility index (Phi) is 7.41. The van der Waals surface area contributed by atoms with E-state index in [0.29, 0.717) is 18.1 Å². The van der Waals surface area contributed by atoms with E-state index in [9.17, 15) is 13.2 Å². The molecule has 0 fully saturated rings. The molecule has 0 heterocycles. The number of aryl methyl sites for hydroxylation is 2. The van der Waals surface area contributed by atoms with Crippen molar-refractivity contribution in [1.29, 1.82) is 0 Å². The first-order valence-corrected chi connectivity index (χ1v) is 10.7. The van der Waals surface area contributed by atoms with Gasteiger partial charge in [0, 0.05) is 31.1 Å². The Bertz CT molecular complexity index is 913. The van der Waals surface area contributed by atoms with E-state index in [1.807, 2.05) is 39.0 Å². The second kappa shape index (κ2) is 9.35. The van der Waals surface area contributed by atoms with Gasteiger partial charge in [-0.25, -0.2) is 13.1 Å². The van der Waals surface area contributed by atoms with Crippen LogP contribution in [-0.4, -0.2) is 32.3 Å². The number of nitrogens with one attached hydrogen (secondary N) is 1. The van der Waals surface area contributed by atoms with Crippen LogP contribution in [-0.2, 0) is 21.4 Å². The van der Waals surface area contributed by atoms with E-state index >= 15 is 0 Å². The summed E-state index contributed by atoms with van der Waals surface area (Å²) >= 11 is 6.16. The fraction of sp³-hybridized carbons (Fsp3) is 0.350. The summed E-state index contributed by atoms with van der Waals surface area (Å²) < 4.78 is 27.3. The average molecular weight is 409 g/mol. The lowest BCUT2D eigenvalue weighted by molar-refractivity contribution is -0.131. The molecule has 1 amide bonds. The molecular formula is C20H25ClN2O3S. The lowest BCUT2D eigenvalue weighted by atomic mass is 10.1. The van der Waals surface area contributed by atoms with Gasteiger partial charge in [0.05, 0.1) is 4.90 Å². The minimum atomic E-state index is -3.64. The highest BCUT2D eigenvalue weighted by atomic mass is 35.5. The number of hydrogen-bond acceptors (Lipinski definition) is 3. The lowest BCUT2D eigenvalue weighted by Crippen LogP contribution is -2.34. The standard InChI is InChI=1S/C20H25ClN2O3S/c1-4-23(14-17-7-5-6-8-19(17)21)20(24)11-12-22-27(25,26)18-10-9-15(2)16(3)13-18/h5-10,13,22H,4,11-12,14H2,1-3H3. The van der Waals surface area contributed by atoms with Gasteiger partial charge in [-0.15, -0.1) is 0 Å². The van der Waals surface area contributed by atoms with Crippen LogP contribution < -0.4 is 4.72 Å². The van der Waals surface area contributed by atoms with E-state index in [1.165, 1.54) is 0 Å². The maximum absolute atomic E-state index is 12.5. The van der Waals surface area contributed by atoms with Gasteiger partial charge in [-0.2, -0.15) is 0 Å². The van der Waals surface area contributed by atoms with Crippen molar-refractivity contribution < 1.29 is 13.2 Å². The van der Waals surface area contributed by atoms with Gasteiger partial charge >= 0.3 is 0 Å². The molecule has 1 N–H and O–H groups in total. The van der Waals surface area contributed by atoms with E-state index in [-0.39, 0.29) is 23.8 Å². The third-order valence-electron chi connectivity index (χ3n) is 4.47. The molecule has 2 aromatic carbocycles. The maximum atomic E-state index is 12.5. The highest BCUT2D eigenvalue weighted by Gasteiger charge is 2.17. The Hall–Kier alpha value is -1.89. The molecule has 0 aliphatic rings. The van der Waals surface area contributed by atoms with Crippen molar-refractivity contribution in [3.05, 3.63) is 64.2 Å². The normalized spacial score (nSPS) is 11.4. The van der Waals surface area contributed by atoms with Gasteiger partial charge in [0.25, 0.3) is 0 Å². The second-order valence-electron chi connectivity index (χ2n) is 6.39. The zero-order chi connectivity index (χ0) is 20.0. The highest BCUT2D eigenvalue weighted by Crippen LogP contribution is 2.18. The molecule has 146 valence electrons. The molecule has 0 saturated carbocycles. The molecule has 7 heteroatoms. The van der Waals surface area contributed by atoms with Crippen molar-refractivity contribution in [1.82, 2.24) is 9.62 Å². The molecule has 0 saturated heterocycles. The first-order chi connectivity index (χ1) is 12.7. The van der Waals surface area contributed by atoms with Crippen LogP contribution in [0.3, 0.4) is 0 Å². The van der Waals surface area contributed by atoms with Crippen LogP contribution in [0, 0.1) is 13.8 Å². The van der Waals surface area contributed by atoms with E-state index in [2.05, 4.69) is 4.72 Å². The lowest BCUT2D eigenvalue weighted by Gasteiger charge is -2.21. The molecule has 0 spiro atoms. The molecule has 2 aromatic rings. The Morgan fingerprint density at radius 2 is 1.81 bits per heavy atom. The summed E-state index contributed by atoms with van der Waals surface area (Å²) in [6.07, 6.45) is 0.0857. The monoisotopic (exact) mass is 408 g/mol. The fourth-order valence-corrected chi connectivity index (χ4v) is 3.94. The molecule has 0 aromatic heterocycles. The first kappa shape index (κ1) is 21.4. The summed E-state index contributed by atoms with van der Waals surface area (Å²) in [6, 6.07) is 12.4. The molecule has 2 rings (SSSR count). The van der Waals surface area contributed by atoms with Crippen molar-refractivity contribution in [2.75, 3.05) is 13.1 Å². The SMILES string of the molecule is CCN(Cc1ccccc1Cl)C(=O)CCNS(=O)(=O)c1ccc(C)c(C)c1. The van der Waals surface area contributed by atoms with Gasteiger partial charge in [0.1, 0.15) is 0 Å². The van der Waals surface area contributed by atoms with E-state index < -0.39 is 10.0 Å². The minimum Gasteiger partial charge on any atom is -0.339 e. The topological polar surface area (TPSA) is 66.5 Å². The Balaban J connectivity index is 1.95. The molecule has 0 unspecified atom stereocenters. The summed E-state index contributed by atoms with van der Waals surface area (Å²) in [5.41, 5.74) is 2.80. The van der Waals surface area contributed by atoms with Crippen molar-refractivity contribution in [2.45, 2.75) is 38.6 Å². The Morgan fingerprint density at radius 3 is 2.44 bits per heavy atom. The van der Waals surface area contributed by atoms with Crippen molar-refractivity contribution >= 4 is 27.5 Å². The van der Waals surface area contributed by atoms with Crippen LogP contribution in [0.4, 0.5) is 0 Å². The van der Waals surface area contributed by atoms with Crippen LogP contribution in [0.25, 0.3) is 0 Å². The smallest absolute Gasteiger partial charge is 0.240 e. The fourth-order valence-electron chi connectivity index (χ4n) is 2.62. The number of nitrogens with zero attached hydrogens (tertiary/aromatic N) is 1. The maximum Gasteiger partial charge on any atom is 0.240 e. The van der Waals surface area contributed by atoms with Crippen LogP contribution in [0.5, 0.6) is 0 Å². The van der Waals surface area contributed by atoms with Gasteiger partial charge in [-0.1, -0.05) is 35.9 Å². The number of rotatable bonds is 8. The number of halogens is 1. The van der Waals surface area contributed by atoms with Gasteiger partial charge in [-0.3, -0.25) is 4.79 Å². The molecule has 0 aliphatic heterocycles. The summed E-state index contributed by atoms with van der Waals surface area (Å²) in [5, 5.41) is 0.610. The minimum absolute atomic E-state index is 0.0487. The van der Waals surface area contributed by atoms with Crippen molar-refractivity contribution in [3.63, 3.8) is 0 Å². The zero-order valence-electron chi connectivity index (χ0n) is 15.8. The first-order valence-electron chi connectivity index (χ1n) is 8.82. The van der Waals surface area contributed by atoms with Crippen LogP contribution in [0.15, 0.2) is 47.4 Å². The molecule has 0 aliphatic carbocycles. The molecule has 27 heavy (non-hydrogen) atoms. The van der Waals surface area contributed by atoms with Gasteiger partial charge in [-0.05, 0) is 55.7 Å². The van der Waals surface area contributed by atoms with Crippen molar-refractivity contribution in [2.24, 2.45) is 0 Å². The van der Waals surface area contributed by atoms with Crippen LogP contribution >= 0.6 is 11.6 Å². The molecule has 5 nitrogen and oxygen atoms in total. The Morgan fingerprint density at radius 1 is 1.11 bits per heavy atom. The number of amides is 1. The molecule has 0 bridgehead atoms. The summed E-state index contributed by atoms with van der Waals surface area (Å²) in [5.74, 6) is -0.125. The van der Waals surface area contributed by atoms with Crippen molar-refractivity contribution in [3.8, 4) is 0 Å². The average Bonchev–Trinajstić information content (AvgIpc) is 2.63. The number of hydrogen-bond donors (Lipinski definition) is 1. The van der Waals surface area contributed by atoms with Gasteiger partial charge in [0.15, 0.2) is 0 Å². The predicted molar refractivity (Wildman–Crippen MR) is 108 cm³/mol. The van der Waals surface area contributed by atoms with E-state index in [1.54, 1.807) is 29.2 Å². The quantitative estimate of drug-likeness (QED) is 0.724. The largest absolute Gasteiger partial charge is 0.339 e. The molecule has 0 radical (unpaired) electrons. The number of sulfonamides is 1. The molecular weight excluding hydrogens is 384 g/mol. The number of carbonyl (C=O) groups excluding carboxylic acids is 1. The van der Waals surface area contributed by atoms with Gasteiger partial charge in [0.2, 0.25) is 15.9 Å². The van der Waals surface area contributed by atoms with Gasteiger partial charge < -0.3 is 4.90 Å². The number of benzene rings is 2. The van der Waals surface area contributed by atoms with Crippen LogP contribution in [0.1, 0.15) is 30.0 Å².